The molecule has 5 heteroatoms. The van der Waals surface area contributed by atoms with Gasteiger partial charge in [-0.25, -0.2) is 4.98 Å². The SMILES string of the molecule is Cn1cnc(C2NCC3C(C(=O)O)C23)c1. The van der Waals surface area contributed by atoms with Crippen molar-refractivity contribution in [1.82, 2.24) is 14.9 Å². The Morgan fingerprint density at radius 1 is 1.73 bits per heavy atom. The molecule has 1 aliphatic carbocycles. The van der Waals surface area contributed by atoms with E-state index in [-0.39, 0.29) is 17.9 Å². The molecule has 15 heavy (non-hydrogen) atoms. The van der Waals surface area contributed by atoms with Crippen molar-refractivity contribution >= 4 is 5.97 Å². The number of hydrogen-bond donors (Lipinski definition) is 2. The van der Waals surface area contributed by atoms with Crippen LogP contribution < -0.4 is 5.32 Å². The van der Waals surface area contributed by atoms with E-state index in [0.29, 0.717) is 5.92 Å². The van der Waals surface area contributed by atoms with E-state index < -0.39 is 5.97 Å². The van der Waals surface area contributed by atoms with Gasteiger partial charge in [0.1, 0.15) is 0 Å². The summed E-state index contributed by atoms with van der Waals surface area (Å²) in [5, 5.41) is 12.3. The molecule has 1 aromatic rings. The summed E-state index contributed by atoms with van der Waals surface area (Å²) in [5.74, 6) is -0.252. The number of rotatable bonds is 2. The Hall–Kier alpha value is -1.36. The third-order valence-corrected chi connectivity index (χ3v) is 3.52. The van der Waals surface area contributed by atoms with Crippen molar-refractivity contribution in [2.45, 2.75) is 6.04 Å². The summed E-state index contributed by atoms with van der Waals surface area (Å²) >= 11 is 0. The number of fused-ring (bicyclic) bond motifs is 1. The molecule has 0 bridgehead atoms. The Balaban J connectivity index is 1.82. The van der Waals surface area contributed by atoms with Crippen LogP contribution in [0, 0.1) is 17.8 Å². The molecule has 2 fully saturated rings. The normalized spacial score (nSPS) is 37.7. The van der Waals surface area contributed by atoms with Gasteiger partial charge in [-0.3, -0.25) is 4.79 Å². The van der Waals surface area contributed by atoms with Gasteiger partial charge in [0.2, 0.25) is 0 Å². The maximum absolute atomic E-state index is 10.9. The maximum Gasteiger partial charge on any atom is 0.307 e. The van der Waals surface area contributed by atoms with Crippen LogP contribution in [-0.4, -0.2) is 27.2 Å². The molecule has 5 nitrogen and oxygen atoms in total. The summed E-state index contributed by atoms with van der Waals surface area (Å²) in [6.45, 7) is 0.808. The van der Waals surface area contributed by atoms with Gasteiger partial charge >= 0.3 is 5.97 Å². The fourth-order valence-electron chi connectivity index (χ4n) is 2.76. The lowest BCUT2D eigenvalue weighted by Gasteiger charge is -2.11. The van der Waals surface area contributed by atoms with Gasteiger partial charge in [0.05, 0.1) is 24.0 Å². The van der Waals surface area contributed by atoms with E-state index in [4.69, 9.17) is 5.11 Å². The van der Waals surface area contributed by atoms with Crippen LogP contribution in [0.5, 0.6) is 0 Å². The summed E-state index contributed by atoms with van der Waals surface area (Å²) in [5.41, 5.74) is 0.966. The number of piperidine rings is 1. The van der Waals surface area contributed by atoms with Crippen molar-refractivity contribution in [2.75, 3.05) is 6.54 Å². The highest BCUT2D eigenvalue weighted by Crippen LogP contribution is 2.56. The monoisotopic (exact) mass is 207 g/mol. The summed E-state index contributed by atoms with van der Waals surface area (Å²) in [4.78, 5) is 15.2. The number of carbonyl (C=O) groups is 1. The Labute approximate surface area is 87.1 Å². The molecule has 1 saturated carbocycles. The molecule has 4 atom stereocenters. The number of aromatic nitrogens is 2. The van der Waals surface area contributed by atoms with Crippen LogP contribution in [0.2, 0.25) is 0 Å². The van der Waals surface area contributed by atoms with Crippen LogP contribution in [0.15, 0.2) is 12.5 Å². The largest absolute Gasteiger partial charge is 0.481 e. The van der Waals surface area contributed by atoms with Crippen molar-refractivity contribution in [3.63, 3.8) is 0 Å². The molecule has 80 valence electrons. The average molecular weight is 207 g/mol. The van der Waals surface area contributed by atoms with Crippen LogP contribution in [-0.2, 0) is 11.8 Å². The van der Waals surface area contributed by atoms with Crippen molar-refractivity contribution in [3.05, 3.63) is 18.2 Å². The highest BCUT2D eigenvalue weighted by atomic mass is 16.4. The number of nitrogens with zero attached hydrogens (tertiary/aromatic N) is 2. The molecular formula is C10H13N3O2. The maximum atomic E-state index is 10.9. The van der Waals surface area contributed by atoms with Gasteiger partial charge in [0, 0.05) is 13.2 Å². The first-order valence-corrected chi connectivity index (χ1v) is 5.12. The highest BCUT2D eigenvalue weighted by molar-refractivity contribution is 5.75. The third kappa shape index (κ3) is 1.19. The van der Waals surface area contributed by atoms with Crippen LogP contribution in [0.25, 0.3) is 0 Å². The minimum absolute atomic E-state index is 0.136. The van der Waals surface area contributed by atoms with Crippen LogP contribution in [0.3, 0.4) is 0 Å². The number of hydrogen-bond acceptors (Lipinski definition) is 3. The van der Waals surface area contributed by atoms with Crippen LogP contribution in [0.1, 0.15) is 11.7 Å². The highest BCUT2D eigenvalue weighted by Gasteiger charge is 2.62. The quantitative estimate of drug-likeness (QED) is 0.717. The smallest absolute Gasteiger partial charge is 0.307 e. The number of imidazole rings is 1. The third-order valence-electron chi connectivity index (χ3n) is 3.52. The molecule has 0 aromatic carbocycles. The molecule has 0 amide bonds. The summed E-state index contributed by atoms with van der Waals surface area (Å²) < 4.78 is 1.89. The Kier molecular flexibility index (Phi) is 1.68. The zero-order valence-electron chi connectivity index (χ0n) is 8.42. The summed E-state index contributed by atoms with van der Waals surface area (Å²) in [6.07, 6.45) is 3.71. The second kappa shape index (κ2) is 2.82. The van der Waals surface area contributed by atoms with Gasteiger partial charge in [-0.15, -0.1) is 0 Å². The van der Waals surface area contributed by atoms with Gasteiger partial charge in [0.25, 0.3) is 0 Å². The predicted octanol–water partition coefficient (Wildman–Crippen LogP) is 0.0112. The standard InChI is InChI=1S/C10H13N3O2/c1-13-3-6(12-4-13)9-7-5(2-11-9)8(7)10(14)15/h3-5,7-9,11H,2H2,1H3,(H,14,15). The second-order valence-electron chi connectivity index (χ2n) is 4.46. The van der Waals surface area contributed by atoms with E-state index in [0.717, 1.165) is 12.2 Å². The Morgan fingerprint density at radius 2 is 2.53 bits per heavy atom. The topological polar surface area (TPSA) is 67.2 Å². The Morgan fingerprint density at radius 3 is 3.07 bits per heavy atom. The molecule has 1 saturated heterocycles. The van der Waals surface area contributed by atoms with Gasteiger partial charge in [-0.2, -0.15) is 0 Å². The molecule has 1 aliphatic heterocycles. The van der Waals surface area contributed by atoms with E-state index in [1.165, 1.54) is 0 Å². The zero-order chi connectivity index (χ0) is 10.6. The van der Waals surface area contributed by atoms with Gasteiger partial charge < -0.3 is 15.0 Å². The van der Waals surface area contributed by atoms with E-state index in [9.17, 15) is 4.79 Å². The van der Waals surface area contributed by atoms with Gasteiger partial charge in [-0.1, -0.05) is 0 Å². The van der Waals surface area contributed by atoms with Crippen molar-refractivity contribution in [3.8, 4) is 0 Å². The van der Waals surface area contributed by atoms with E-state index >= 15 is 0 Å². The van der Waals surface area contributed by atoms with Crippen LogP contribution in [0.4, 0.5) is 0 Å². The number of carboxylic acids is 1. The molecule has 2 N–H and O–H groups in total. The number of aliphatic carboxylic acids is 1. The van der Waals surface area contributed by atoms with E-state index in [2.05, 4.69) is 10.3 Å². The molecule has 1 aromatic heterocycles. The number of aryl methyl sites for hydroxylation is 1. The molecular weight excluding hydrogens is 194 g/mol. The zero-order valence-corrected chi connectivity index (χ0v) is 8.42. The first-order chi connectivity index (χ1) is 7.18. The predicted molar refractivity (Wildman–Crippen MR) is 52.1 cm³/mol. The summed E-state index contributed by atoms with van der Waals surface area (Å²) in [6, 6.07) is 0.136. The fraction of sp³-hybridized carbons (Fsp3) is 0.600. The average Bonchev–Trinajstić information content (AvgIpc) is 2.56. The molecule has 2 heterocycles. The lowest BCUT2D eigenvalue weighted by atomic mass is 10.1. The molecule has 0 radical (unpaired) electrons. The second-order valence-corrected chi connectivity index (χ2v) is 4.46. The number of nitrogens with one attached hydrogen (secondary N) is 1. The van der Waals surface area contributed by atoms with E-state index in [1.54, 1.807) is 6.33 Å². The first kappa shape index (κ1) is 8.91. The van der Waals surface area contributed by atoms with Crippen molar-refractivity contribution in [2.24, 2.45) is 24.8 Å². The summed E-state index contributed by atoms with van der Waals surface area (Å²) in [7, 11) is 1.92. The lowest BCUT2D eigenvalue weighted by Crippen LogP contribution is -2.23. The molecule has 0 spiro atoms. The van der Waals surface area contributed by atoms with Crippen molar-refractivity contribution in [1.29, 1.82) is 0 Å². The molecule has 4 unspecified atom stereocenters. The van der Waals surface area contributed by atoms with E-state index in [1.807, 2.05) is 17.8 Å². The Bertz CT molecular complexity index is 415. The minimum atomic E-state index is -0.660. The minimum Gasteiger partial charge on any atom is -0.481 e. The number of carboxylic acid groups (broad SMARTS) is 1. The lowest BCUT2D eigenvalue weighted by molar-refractivity contribution is -0.139. The van der Waals surface area contributed by atoms with Gasteiger partial charge in [0.15, 0.2) is 0 Å². The fourth-order valence-corrected chi connectivity index (χ4v) is 2.76. The first-order valence-electron chi connectivity index (χ1n) is 5.12. The molecule has 3 rings (SSSR count). The van der Waals surface area contributed by atoms with Gasteiger partial charge in [-0.05, 0) is 18.4 Å². The van der Waals surface area contributed by atoms with Crippen LogP contribution >= 0.6 is 0 Å². The van der Waals surface area contributed by atoms with Crippen molar-refractivity contribution < 1.29 is 9.90 Å². The molecule has 2 aliphatic rings.